The Labute approximate surface area is 226 Å². The zero-order valence-electron chi connectivity index (χ0n) is 21.0. The van der Waals surface area contributed by atoms with Crippen molar-refractivity contribution in [2.24, 2.45) is 11.5 Å². The summed E-state index contributed by atoms with van der Waals surface area (Å²) in [7, 11) is 0. The molecule has 16 N–H and O–H groups in total. The molecule has 3 fully saturated rings. The molecule has 0 bridgehead atoms. The third-order valence-electron chi connectivity index (χ3n) is 7.67. The van der Waals surface area contributed by atoms with Crippen molar-refractivity contribution in [3.8, 4) is 0 Å². The number of nitrogens with two attached hydrogens (primary N) is 2. The molecule has 3 aliphatic rings. The van der Waals surface area contributed by atoms with Crippen LogP contribution < -0.4 is 11.5 Å². The van der Waals surface area contributed by atoms with Gasteiger partial charge in [0.2, 0.25) is 11.4 Å². The Morgan fingerprint density at radius 2 is 1.52 bits per heavy atom. The molecule has 3 saturated heterocycles. The molecule has 0 aromatic heterocycles. The average molecular weight is 591 g/mol. The first kappa shape index (κ1) is 33.3. The molecular formula is C21H38N2O17. The number of ether oxygens (including phenoxy) is 4. The lowest BCUT2D eigenvalue weighted by atomic mass is 9.73. The number of carbonyl (C=O) groups is 1. The first-order chi connectivity index (χ1) is 18.6. The molecule has 0 saturated carbocycles. The van der Waals surface area contributed by atoms with Crippen molar-refractivity contribution in [2.75, 3.05) is 19.8 Å². The van der Waals surface area contributed by atoms with Crippen LogP contribution in [0, 0.1) is 0 Å². The second-order valence-electron chi connectivity index (χ2n) is 10.2. The van der Waals surface area contributed by atoms with Gasteiger partial charge in [0, 0.05) is 6.42 Å². The Bertz CT molecular complexity index is 869. The fourth-order valence-corrected chi connectivity index (χ4v) is 5.20. The Morgan fingerprint density at radius 1 is 0.925 bits per heavy atom. The van der Waals surface area contributed by atoms with Crippen LogP contribution in [0.25, 0.3) is 0 Å². The van der Waals surface area contributed by atoms with Gasteiger partial charge < -0.3 is 91.7 Å². The van der Waals surface area contributed by atoms with Gasteiger partial charge >= 0.3 is 5.97 Å². The van der Waals surface area contributed by atoms with Crippen molar-refractivity contribution in [2.45, 2.75) is 103 Å². The van der Waals surface area contributed by atoms with Crippen molar-refractivity contribution >= 4 is 5.97 Å². The SMILES string of the molecule is N[C@H]1[C@H]([C@H](O)[C@H](O)CO)OC(C(=O)O)(C2(O)O[C@H](CO)[C@@H](O[C@@H]3O[C@H](CO)[C@H](O)[C@H](O)[C@H]3O)[C@H](O)[C@H]2N)C[C@@H]1O. The summed E-state index contributed by atoms with van der Waals surface area (Å²) in [6.07, 6.45) is -23.5. The van der Waals surface area contributed by atoms with Crippen molar-refractivity contribution in [3.05, 3.63) is 0 Å². The second kappa shape index (κ2) is 12.6. The topological polar surface area (TPSA) is 349 Å². The second-order valence-corrected chi connectivity index (χ2v) is 10.2. The zero-order valence-corrected chi connectivity index (χ0v) is 21.0. The van der Waals surface area contributed by atoms with Crippen molar-refractivity contribution < 1.29 is 85.0 Å². The third-order valence-corrected chi connectivity index (χ3v) is 7.67. The summed E-state index contributed by atoms with van der Waals surface area (Å²) in [5, 5.41) is 122. The van der Waals surface area contributed by atoms with Gasteiger partial charge in [0.1, 0.15) is 61.0 Å². The van der Waals surface area contributed by atoms with Gasteiger partial charge in [-0.3, -0.25) is 0 Å². The Kier molecular flexibility index (Phi) is 10.5. The predicted molar refractivity (Wildman–Crippen MR) is 122 cm³/mol. The fraction of sp³-hybridized carbons (Fsp3) is 0.952. The number of aliphatic carboxylic acids is 1. The van der Waals surface area contributed by atoms with Crippen LogP contribution in [-0.2, 0) is 23.7 Å². The zero-order chi connectivity index (χ0) is 30.3. The number of carboxylic acids is 1. The lowest BCUT2D eigenvalue weighted by Gasteiger charge is -2.57. The number of hydrogen-bond acceptors (Lipinski definition) is 18. The van der Waals surface area contributed by atoms with Crippen LogP contribution in [0.15, 0.2) is 0 Å². The molecule has 0 amide bonds. The van der Waals surface area contributed by atoms with Crippen molar-refractivity contribution in [1.29, 1.82) is 0 Å². The number of rotatable bonds is 9. The van der Waals surface area contributed by atoms with Crippen LogP contribution in [0.4, 0.5) is 0 Å². The van der Waals surface area contributed by atoms with Crippen molar-refractivity contribution in [3.63, 3.8) is 0 Å². The fourth-order valence-electron chi connectivity index (χ4n) is 5.20. The molecule has 0 aromatic carbocycles. The Morgan fingerprint density at radius 3 is 2.05 bits per heavy atom. The highest BCUT2D eigenvalue weighted by Gasteiger charge is 2.71. The molecule has 234 valence electrons. The standard InChI is InChI=1S/C21H38N2O17/c22-9-5(27)1-20(19(34)35,40-16(9)10(29)6(28)2-24)21(36)17(23)14(33)15(8(4-26)39-21)38-18-13(32)12(31)11(30)7(3-25)37-18/h5-18,24-33,36H,1-4,22-23H2,(H,34,35)/t5-,6+,7+,8+,9+,10+,11-,12-,13+,14-,15+,16+,17+,18-,20?,21?/m0/s1. The van der Waals surface area contributed by atoms with E-state index in [4.69, 9.17) is 30.4 Å². The van der Waals surface area contributed by atoms with E-state index < -0.39 is 129 Å². The maximum atomic E-state index is 12.6. The highest BCUT2D eigenvalue weighted by Crippen LogP contribution is 2.45. The van der Waals surface area contributed by atoms with Gasteiger partial charge in [-0.2, -0.15) is 0 Å². The summed E-state index contributed by atoms with van der Waals surface area (Å²) in [4.78, 5) is 12.6. The van der Waals surface area contributed by atoms with Crippen LogP contribution >= 0.6 is 0 Å². The van der Waals surface area contributed by atoms with E-state index in [9.17, 15) is 66.1 Å². The average Bonchev–Trinajstić information content (AvgIpc) is 2.93. The van der Waals surface area contributed by atoms with E-state index in [0.717, 1.165) is 0 Å². The monoisotopic (exact) mass is 590 g/mol. The summed E-state index contributed by atoms with van der Waals surface area (Å²) in [5.41, 5.74) is 8.75. The molecular weight excluding hydrogens is 552 g/mol. The maximum absolute atomic E-state index is 12.6. The largest absolute Gasteiger partial charge is 0.479 e. The minimum Gasteiger partial charge on any atom is -0.479 e. The minimum absolute atomic E-state index is 0.821. The highest BCUT2D eigenvalue weighted by atomic mass is 16.7. The van der Waals surface area contributed by atoms with Crippen molar-refractivity contribution in [1.82, 2.24) is 0 Å². The molecule has 0 aromatic rings. The van der Waals surface area contributed by atoms with E-state index in [1.165, 1.54) is 0 Å². The lowest BCUT2D eigenvalue weighted by Crippen LogP contribution is -2.82. The van der Waals surface area contributed by atoms with Gasteiger partial charge in [0.15, 0.2) is 6.29 Å². The number of aliphatic hydroxyl groups excluding tert-OH is 10. The summed E-state index contributed by atoms with van der Waals surface area (Å²) in [5.74, 6) is -5.33. The molecule has 0 aliphatic carbocycles. The molecule has 16 atom stereocenters. The van der Waals surface area contributed by atoms with Gasteiger partial charge in [-0.1, -0.05) is 0 Å². The van der Waals surface area contributed by atoms with Gasteiger partial charge in [-0.25, -0.2) is 4.79 Å². The van der Waals surface area contributed by atoms with Crippen LogP contribution in [0.1, 0.15) is 6.42 Å². The summed E-state index contributed by atoms with van der Waals surface area (Å²) >= 11 is 0. The van der Waals surface area contributed by atoms with Crippen LogP contribution in [0.3, 0.4) is 0 Å². The molecule has 2 unspecified atom stereocenters. The van der Waals surface area contributed by atoms with Gasteiger partial charge in [0.05, 0.1) is 38.0 Å². The molecule has 19 heteroatoms. The number of aliphatic hydroxyl groups is 11. The molecule has 0 radical (unpaired) electrons. The lowest BCUT2D eigenvalue weighted by molar-refractivity contribution is -0.407. The predicted octanol–water partition coefficient (Wildman–Crippen LogP) is -9.05. The molecule has 3 aliphatic heterocycles. The Balaban J connectivity index is 1.96. The summed E-state index contributed by atoms with van der Waals surface area (Å²) < 4.78 is 21.6. The molecule has 3 heterocycles. The number of carboxylic acid groups (broad SMARTS) is 1. The van der Waals surface area contributed by atoms with E-state index >= 15 is 0 Å². The van der Waals surface area contributed by atoms with E-state index in [1.54, 1.807) is 0 Å². The van der Waals surface area contributed by atoms with Crippen LogP contribution in [0.5, 0.6) is 0 Å². The van der Waals surface area contributed by atoms with Gasteiger partial charge in [-0.05, 0) is 0 Å². The van der Waals surface area contributed by atoms with Crippen LogP contribution in [0.2, 0.25) is 0 Å². The third kappa shape index (κ3) is 5.47. The van der Waals surface area contributed by atoms with E-state index in [1.807, 2.05) is 0 Å². The smallest absolute Gasteiger partial charge is 0.341 e. The molecule has 3 rings (SSSR count). The number of hydrogen-bond donors (Lipinski definition) is 14. The van der Waals surface area contributed by atoms with Gasteiger partial charge in [0.25, 0.3) is 0 Å². The molecule has 0 spiro atoms. The molecule has 40 heavy (non-hydrogen) atoms. The van der Waals surface area contributed by atoms with E-state index in [0.29, 0.717) is 0 Å². The quantitative estimate of drug-likeness (QED) is 0.118. The van der Waals surface area contributed by atoms with Gasteiger partial charge in [-0.15, -0.1) is 0 Å². The molecule has 19 nitrogen and oxygen atoms in total. The minimum atomic E-state index is -3.30. The van der Waals surface area contributed by atoms with Crippen LogP contribution in [-0.4, -0.2) is 184 Å². The van der Waals surface area contributed by atoms with E-state index in [-0.39, 0.29) is 0 Å². The normalized spacial score (nSPS) is 49.8. The first-order valence-corrected chi connectivity index (χ1v) is 12.3. The Hall–Kier alpha value is -1.21. The first-order valence-electron chi connectivity index (χ1n) is 12.3. The maximum Gasteiger partial charge on any atom is 0.341 e. The summed E-state index contributed by atoms with van der Waals surface area (Å²) in [6, 6.07) is -3.74. The highest BCUT2D eigenvalue weighted by molar-refractivity contribution is 5.80. The summed E-state index contributed by atoms with van der Waals surface area (Å²) in [6.45, 7) is -2.94. The van der Waals surface area contributed by atoms with E-state index in [2.05, 4.69) is 0 Å².